The molecule has 0 aromatic carbocycles. The zero-order valence-corrected chi connectivity index (χ0v) is 12.9. The number of rotatable bonds is 4. The Morgan fingerprint density at radius 3 is 2.60 bits per heavy atom. The van der Waals surface area contributed by atoms with Crippen LogP contribution in [0.25, 0.3) is 0 Å². The van der Waals surface area contributed by atoms with Crippen molar-refractivity contribution in [2.75, 3.05) is 7.11 Å². The Kier molecular flexibility index (Phi) is 6.11. The molecule has 0 saturated carbocycles. The largest absolute Gasteiger partial charge is 0.465 e. The molecule has 4 nitrogen and oxygen atoms in total. The van der Waals surface area contributed by atoms with Gasteiger partial charge < -0.3 is 9.47 Å². The van der Waals surface area contributed by atoms with E-state index in [1.165, 1.54) is 13.2 Å². The molecule has 0 radical (unpaired) electrons. The highest BCUT2D eigenvalue weighted by atomic mass is 35.6. The molecule has 0 aromatic heterocycles. The van der Waals surface area contributed by atoms with Gasteiger partial charge in [0.1, 0.15) is 6.10 Å². The van der Waals surface area contributed by atoms with Crippen molar-refractivity contribution in [2.45, 2.75) is 16.3 Å². The third-order valence-corrected chi connectivity index (χ3v) is 3.08. The predicted molar refractivity (Wildman–Crippen MR) is 77.7 cm³/mol. The number of halogens is 3. The van der Waals surface area contributed by atoms with Gasteiger partial charge in [-0.3, -0.25) is 0 Å². The Morgan fingerprint density at radius 2 is 2.10 bits per heavy atom. The zero-order valence-electron chi connectivity index (χ0n) is 10.6. The van der Waals surface area contributed by atoms with E-state index >= 15 is 0 Å². The molecule has 0 spiro atoms. The van der Waals surface area contributed by atoms with Crippen molar-refractivity contribution in [3.05, 3.63) is 36.5 Å². The average Bonchev–Trinajstić information content (AvgIpc) is 2.38. The van der Waals surface area contributed by atoms with Crippen LogP contribution in [0.4, 0.5) is 0 Å². The molecule has 0 bridgehead atoms. The lowest BCUT2D eigenvalue weighted by Crippen LogP contribution is -2.32. The normalized spacial score (nSPS) is 21.9. The van der Waals surface area contributed by atoms with Crippen molar-refractivity contribution in [2.24, 2.45) is 5.92 Å². The van der Waals surface area contributed by atoms with Gasteiger partial charge in [0.2, 0.25) is 0 Å². The molecule has 1 rings (SSSR count). The maximum atomic E-state index is 11.6. The fourth-order valence-corrected chi connectivity index (χ4v) is 1.82. The lowest BCUT2D eigenvalue weighted by Gasteiger charge is -2.26. The molecule has 20 heavy (non-hydrogen) atoms. The Hall–Kier alpha value is -0.970. The fourth-order valence-electron chi connectivity index (χ4n) is 1.69. The van der Waals surface area contributed by atoms with Crippen molar-refractivity contribution in [3.8, 4) is 0 Å². The molecule has 0 N–H and O–H groups in total. The van der Waals surface area contributed by atoms with Crippen molar-refractivity contribution >= 4 is 46.7 Å². The van der Waals surface area contributed by atoms with E-state index in [4.69, 9.17) is 39.5 Å². The van der Waals surface area contributed by atoms with Gasteiger partial charge >= 0.3 is 11.9 Å². The van der Waals surface area contributed by atoms with Gasteiger partial charge in [0, 0.05) is 5.92 Å². The van der Waals surface area contributed by atoms with Gasteiger partial charge in [-0.2, -0.15) is 0 Å². The third-order valence-electron chi connectivity index (χ3n) is 2.62. The summed E-state index contributed by atoms with van der Waals surface area (Å²) in [7, 11) is 1.29. The highest BCUT2D eigenvalue weighted by molar-refractivity contribution is 6.75. The van der Waals surface area contributed by atoms with E-state index in [0.29, 0.717) is 12.0 Å². The zero-order chi connectivity index (χ0) is 15.3. The van der Waals surface area contributed by atoms with Crippen LogP contribution in [0, 0.1) is 5.92 Å². The molecule has 2 atom stereocenters. The first-order valence-corrected chi connectivity index (χ1v) is 6.80. The molecule has 0 aliphatic heterocycles. The lowest BCUT2D eigenvalue weighted by atomic mass is 9.90. The molecule has 0 amide bonds. The third kappa shape index (κ3) is 4.54. The molecule has 110 valence electrons. The van der Waals surface area contributed by atoms with Crippen molar-refractivity contribution < 1.29 is 19.1 Å². The van der Waals surface area contributed by atoms with E-state index < -0.39 is 21.8 Å². The van der Waals surface area contributed by atoms with E-state index in [2.05, 4.69) is 11.3 Å². The Morgan fingerprint density at radius 1 is 1.45 bits per heavy atom. The van der Waals surface area contributed by atoms with Crippen LogP contribution in [-0.2, 0) is 19.1 Å². The Balaban J connectivity index is 2.86. The molecule has 2 unspecified atom stereocenters. The summed E-state index contributed by atoms with van der Waals surface area (Å²) < 4.78 is 7.61. The second kappa shape index (κ2) is 7.16. The lowest BCUT2D eigenvalue weighted by molar-refractivity contribution is -0.147. The minimum absolute atomic E-state index is 0.275. The van der Waals surface area contributed by atoms with Gasteiger partial charge in [0.25, 0.3) is 3.79 Å². The van der Waals surface area contributed by atoms with E-state index in [9.17, 15) is 9.59 Å². The first kappa shape index (κ1) is 17.1. The molecule has 0 fully saturated rings. The predicted octanol–water partition coefficient (Wildman–Crippen LogP) is 3.13. The molecule has 1 aliphatic rings. The Bertz CT molecular complexity index is 463. The number of esters is 2. The number of carbonyl (C=O) groups is 2. The van der Waals surface area contributed by atoms with Crippen LogP contribution in [0.1, 0.15) is 6.42 Å². The smallest absolute Gasteiger partial charge is 0.359 e. The highest BCUT2D eigenvalue weighted by Gasteiger charge is 2.36. The number of carbonyl (C=O) groups excluding carboxylic acids is 2. The van der Waals surface area contributed by atoms with Crippen LogP contribution in [0.3, 0.4) is 0 Å². The van der Waals surface area contributed by atoms with E-state index in [0.717, 1.165) is 0 Å². The number of ether oxygens (including phenoxy) is 2. The van der Waals surface area contributed by atoms with Crippen LogP contribution in [0.5, 0.6) is 0 Å². The summed E-state index contributed by atoms with van der Waals surface area (Å²) in [6.45, 7) is 3.62. The van der Waals surface area contributed by atoms with Crippen LogP contribution in [0.15, 0.2) is 36.5 Å². The van der Waals surface area contributed by atoms with Gasteiger partial charge in [-0.15, -0.1) is 6.58 Å². The number of allylic oxidation sites excluding steroid dienone is 1. The van der Waals surface area contributed by atoms with Gasteiger partial charge in [-0.1, -0.05) is 47.0 Å². The average molecular weight is 340 g/mol. The number of hydrogen-bond acceptors (Lipinski definition) is 4. The SMILES string of the molecule is C=CCC1C=C(C(=O)OC)C=CC1OC(=O)C(Cl)(Cl)Cl. The molecule has 0 heterocycles. The Labute approximate surface area is 132 Å². The molecule has 7 heteroatoms. The van der Waals surface area contributed by atoms with E-state index in [1.54, 1.807) is 18.2 Å². The van der Waals surface area contributed by atoms with Crippen LogP contribution in [0.2, 0.25) is 0 Å². The molecular formula is C13H13Cl3O4. The summed E-state index contributed by atoms with van der Waals surface area (Å²) in [6, 6.07) is 0. The topological polar surface area (TPSA) is 52.6 Å². The van der Waals surface area contributed by atoms with Crippen molar-refractivity contribution in [1.82, 2.24) is 0 Å². The number of alkyl halides is 3. The molecule has 0 aromatic rings. The highest BCUT2D eigenvalue weighted by Crippen LogP contribution is 2.31. The monoisotopic (exact) mass is 338 g/mol. The van der Waals surface area contributed by atoms with Gasteiger partial charge in [0.05, 0.1) is 12.7 Å². The second-order valence-electron chi connectivity index (χ2n) is 4.03. The molecule has 1 aliphatic carbocycles. The summed E-state index contributed by atoms with van der Waals surface area (Å²) in [4.78, 5) is 23.0. The summed E-state index contributed by atoms with van der Waals surface area (Å²) in [5, 5.41) is 0. The maximum absolute atomic E-state index is 11.6. The summed E-state index contributed by atoms with van der Waals surface area (Å²) in [5.74, 6) is -1.72. The maximum Gasteiger partial charge on any atom is 0.359 e. The van der Waals surface area contributed by atoms with Crippen molar-refractivity contribution in [1.29, 1.82) is 0 Å². The van der Waals surface area contributed by atoms with Gasteiger partial charge in [-0.05, 0) is 18.6 Å². The molecular weight excluding hydrogens is 326 g/mol. The number of hydrogen-bond donors (Lipinski definition) is 0. The van der Waals surface area contributed by atoms with Crippen LogP contribution < -0.4 is 0 Å². The molecule has 0 saturated heterocycles. The minimum Gasteiger partial charge on any atom is -0.465 e. The summed E-state index contributed by atoms with van der Waals surface area (Å²) in [6.07, 6.45) is 6.19. The quantitative estimate of drug-likeness (QED) is 0.448. The van der Waals surface area contributed by atoms with E-state index in [1.807, 2.05) is 0 Å². The van der Waals surface area contributed by atoms with Crippen LogP contribution in [-0.4, -0.2) is 28.9 Å². The standard InChI is InChI=1S/C13H13Cl3O4/c1-3-4-8-7-9(11(17)19-2)5-6-10(8)20-12(18)13(14,15)16/h3,5-8,10H,1,4H2,2H3. The van der Waals surface area contributed by atoms with E-state index in [-0.39, 0.29) is 5.92 Å². The van der Waals surface area contributed by atoms with Gasteiger partial charge in [-0.25, -0.2) is 9.59 Å². The first-order valence-electron chi connectivity index (χ1n) is 5.66. The first-order chi connectivity index (χ1) is 9.29. The van der Waals surface area contributed by atoms with Crippen molar-refractivity contribution in [3.63, 3.8) is 0 Å². The second-order valence-corrected chi connectivity index (χ2v) is 6.31. The summed E-state index contributed by atoms with van der Waals surface area (Å²) in [5.41, 5.74) is 0.375. The van der Waals surface area contributed by atoms with Gasteiger partial charge in [0.15, 0.2) is 0 Å². The fraction of sp³-hybridized carbons (Fsp3) is 0.385. The minimum atomic E-state index is -2.14. The van der Waals surface area contributed by atoms with Crippen LogP contribution >= 0.6 is 34.8 Å². The number of methoxy groups -OCH3 is 1. The summed E-state index contributed by atoms with van der Waals surface area (Å²) >= 11 is 16.4.